The number of hydrogen-bond donors (Lipinski definition) is 2. The summed E-state index contributed by atoms with van der Waals surface area (Å²) in [5.74, 6) is 0. The smallest absolute Gasteiger partial charge is 0.0797 e. The zero-order valence-electron chi connectivity index (χ0n) is 10.7. The molecule has 2 nitrogen and oxygen atoms in total. The molecule has 0 unspecified atom stereocenters. The third-order valence-electron chi connectivity index (χ3n) is 2.26. The van der Waals surface area contributed by atoms with Crippen LogP contribution in [0.2, 0.25) is 0 Å². The topological polar surface area (TPSA) is 40.5 Å². The minimum atomic E-state index is -0.630. The molecule has 0 bridgehead atoms. The van der Waals surface area contributed by atoms with Crippen LogP contribution in [0.15, 0.2) is 11.6 Å². The predicted molar refractivity (Wildman–Crippen MR) is 62.3 cm³/mol. The second-order valence-electron chi connectivity index (χ2n) is 4.70. The first-order valence-electron chi connectivity index (χ1n) is 5.12. The van der Waals surface area contributed by atoms with E-state index in [9.17, 15) is 5.11 Å². The molecule has 0 aromatic heterocycles. The van der Waals surface area contributed by atoms with Crippen LogP contribution >= 0.6 is 0 Å². The Morgan fingerprint density at radius 3 is 1.43 bits per heavy atom. The maximum atomic E-state index is 9.22. The molecule has 0 aromatic carbocycles. The Hall–Kier alpha value is -0.340. The lowest BCUT2D eigenvalue weighted by molar-refractivity contribution is 0.0765. The zero-order chi connectivity index (χ0) is 12.0. The van der Waals surface area contributed by atoms with Gasteiger partial charge in [0.05, 0.1) is 11.2 Å². The molecule has 14 heavy (non-hydrogen) atoms. The first-order chi connectivity index (χ1) is 6.04. The highest BCUT2D eigenvalue weighted by atomic mass is 16.3. The fourth-order valence-corrected chi connectivity index (χ4v) is 0.353. The van der Waals surface area contributed by atoms with E-state index in [1.54, 1.807) is 27.7 Å². The van der Waals surface area contributed by atoms with E-state index in [1.807, 2.05) is 26.8 Å². The van der Waals surface area contributed by atoms with Gasteiger partial charge in [-0.3, -0.25) is 0 Å². The van der Waals surface area contributed by atoms with Gasteiger partial charge in [-0.15, -0.1) is 0 Å². The van der Waals surface area contributed by atoms with Gasteiger partial charge in [0.2, 0.25) is 0 Å². The van der Waals surface area contributed by atoms with Crippen molar-refractivity contribution < 1.29 is 10.2 Å². The molecule has 2 N–H and O–H groups in total. The van der Waals surface area contributed by atoms with Crippen molar-refractivity contribution in [1.29, 1.82) is 0 Å². The van der Waals surface area contributed by atoms with Crippen LogP contribution in [0.3, 0.4) is 0 Å². The monoisotopic (exact) mass is 202 g/mol. The third kappa shape index (κ3) is 11.7. The molecule has 0 fully saturated rings. The van der Waals surface area contributed by atoms with Crippen LogP contribution in [-0.4, -0.2) is 21.4 Å². The number of aliphatic hydroxyl groups is 2. The molecular weight excluding hydrogens is 176 g/mol. The molecule has 0 amide bonds. The summed E-state index contributed by atoms with van der Waals surface area (Å²) in [4.78, 5) is 0. The zero-order valence-corrected chi connectivity index (χ0v) is 10.7. The standard InChI is InChI=1S/C7H14O.C5H12O/c1-5-6(2)7(3,4)8;1-4-5(2,3)6/h5,8H,1-4H3;6H,4H2,1-3H3/b6-5+;. The van der Waals surface area contributed by atoms with Gasteiger partial charge in [-0.25, -0.2) is 0 Å². The largest absolute Gasteiger partial charge is 0.390 e. The molecule has 86 valence electrons. The van der Waals surface area contributed by atoms with Crippen LogP contribution < -0.4 is 0 Å². The highest BCUT2D eigenvalue weighted by Crippen LogP contribution is 2.12. The average molecular weight is 202 g/mol. The molecular formula is C12H26O2. The van der Waals surface area contributed by atoms with Gasteiger partial charge >= 0.3 is 0 Å². The Kier molecular flexibility index (Phi) is 7.13. The van der Waals surface area contributed by atoms with Gasteiger partial charge in [0.25, 0.3) is 0 Å². The summed E-state index contributed by atoms with van der Waals surface area (Å²) in [5.41, 5.74) is -0.0770. The van der Waals surface area contributed by atoms with Crippen molar-refractivity contribution in [2.75, 3.05) is 0 Å². The van der Waals surface area contributed by atoms with Crippen LogP contribution in [0.25, 0.3) is 0 Å². The SMILES string of the molecule is C/C=C(\C)C(C)(C)O.CCC(C)(C)O. The van der Waals surface area contributed by atoms with Crippen LogP contribution in [0.4, 0.5) is 0 Å². The fraction of sp³-hybridized carbons (Fsp3) is 0.833. The maximum Gasteiger partial charge on any atom is 0.0797 e. The summed E-state index contributed by atoms with van der Waals surface area (Å²) in [5, 5.41) is 18.0. The third-order valence-corrected chi connectivity index (χ3v) is 2.26. The quantitative estimate of drug-likeness (QED) is 0.676. The van der Waals surface area contributed by atoms with E-state index < -0.39 is 11.2 Å². The lowest BCUT2D eigenvalue weighted by atomic mass is 10.0. The fourth-order valence-electron chi connectivity index (χ4n) is 0.353. The number of allylic oxidation sites excluding steroid dienone is 1. The van der Waals surface area contributed by atoms with Crippen LogP contribution in [0, 0.1) is 0 Å². The molecule has 0 radical (unpaired) electrons. The molecule has 0 aliphatic rings. The van der Waals surface area contributed by atoms with Crippen molar-refractivity contribution in [3.63, 3.8) is 0 Å². The van der Waals surface area contributed by atoms with Gasteiger partial charge in [-0.05, 0) is 53.5 Å². The number of hydrogen-bond acceptors (Lipinski definition) is 2. The minimum absolute atomic E-state index is 0.458. The van der Waals surface area contributed by atoms with Crippen molar-refractivity contribution in [1.82, 2.24) is 0 Å². The highest BCUT2D eigenvalue weighted by molar-refractivity contribution is 5.08. The van der Waals surface area contributed by atoms with Gasteiger partial charge in [0, 0.05) is 0 Å². The lowest BCUT2D eigenvalue weighted by Gasteiger charge is -2.17. The van der Waals surface area contributed by atoms with Gasteiger partial charge < -0.3 is 10.2 Å². The molecule has 0 aromatic rings. The van der Waals surface area contributed by atoms with Crippen LogP contribution in [-0.2, 0) is 0 Å². The van der Waals surface area contributed by atoms with E-state index in [-0.39, 0.29) is 0 Å². The van der Waals surface area contributed by atoms with Crippen molar-refractivity contribution in [3.8, 4) is 0 Å². The first-order valence-corrected chi connectivity index (χ1v) is 5.12. The first kappa shape index (κ1) is 16.1. The molecule has 0 saturated heterocycles. The maximum absolute atomic E-state index is 9.22. The van der Waals surface area contributed by atoms with E-state index in [0.717, 1.165) is 12.0 Å². The summed E-state index contributed by atoms with van der Waals surface area (Å²) in [6, 6.07) is 0. The van der Waals surface area contributed by atoms with Crippen molar-refractivity contribution >= 4 is 0 Å². The minimum Gasteiger partial charge on any atom is -0.390 e. The average Bonchev–Trinajstić information content (AvgIpc) is 2.01. The Balaban J connectivity index is 0. The second-order valence-corrected chi connectivity index (χ2v) is 4.70. The Bertz CT molecular complexity index is 168. The molecule has 0 heterocycles. The molecule has 0 atom stereocenters. The molecule has 0 aliphatic carbocycles. The highest BCUT2D eigenvalue weighted by Gasteiger charge is 2.12. The van der Waals surface area contributed by atoms with Crippen molar-refractivity contribution in [2.24, 2.45) is 0 Å². The normalized spacial score (nSPS) is 13.4. The van der Waals surface area contributed by atoms with Crippen molar-refractivity contribution in [3.05, 3.63) is 11.6 Å². The Labute approximate surface area is 88.7 Å². The molecule has 0 saturated carbocycles. The Morgan fingerprint density at radius 2 is 1.43 bits per heavy atom. The van der Waals surface area contributed by atoms with E-state index in [4.69, 9.17) is 5.11 Å². The summed E-state index contributed by atoms with van der Waals surface area (Å²) in [6.07, 6.45) is 2.74. The van der Waals surface area contributed by atoms with Crippen molar-refractivity contribution in [2.45, 2.75) is 66.1 Å². The number of rotatable bonds is 2. The van der Waals surface area contributed by atoms with Gasteiger partial charge in [0.15, 0.2) is 0 Å². The van der Waals surface area contributed by atoms with Gasteiger partial charge in [0.1, 0.15) is 0 Å². The van der Waals surface area contributed by atoms with Gasteiger partial charge in [-0.2, -0.15) is 0 Å². The molecule has 0 spiro atoms. The van der Waals surface area contributed by atoms with Crippen LogP contribution in [0.5, 0.6) is 0 Å². The van der Waals surface area contributed by atoms with E-state index in [2.05, 4.69) is 0 Å². The summed E-state index contributed by atoms with van der Waals surface area (Å²) >= 11 is 0. The van der Waals surface area contributed by atoms with E-state index >= 15 is 0 Å². The van der Waals surface area contributed by atoms with E-state index in [1.165, 1.54) is 0 Å². The van der Waals surface area contributed by atoms with Crippen LogP contribution in [0.1, 0.15) is 54.9 Å². The summed E-state index contributed by atoms with van der Waals surface area (Å²) < 4.78 is 0. The molecule has 0 aliphatic heterocycles. The molecule has 2 heteroatoms. The lowest BCUT2D eigenvalue weighted by Crippen LogP contribution is -2.19. The van der Waals surface area contributed by atoms with E-state index in [0.29, 0.717) is 0 Å². The summed E-state index contributed by atoms with van der Waals surface area (Å²) in [6.45, 7) is 13.0. The second kappa shape index (κ2) is 6.20. The summed E-state index contributed by atoms with van der Waals surface area (Å²) in [7, 11) is 0. The van der Waals surface area contributed by atoms with Gasteiger partial charge in [-0.1, -0.05) is 13.0 Å². The predicted octanol–water partition coefficient (Wildman–Crippen LogP) is 2.89. The molecule has 0 rings (SSSR count). The Morgan fingerprint density at radius 1 is 1.14 bits per heavy atom.